The molecule has 1 aromatic rings. The number of rotatable bonds is 57. The maximum atomic E-state index is 14.6. The summed E-state index contributed by atoms with van der Waals surface area (Å²) in [4.78, 5) is 125. The largest absolute Gasteiger partial charge is 0.492 e. The molecule has 0 spiro atoms. The van der Waals surface area contributed by atoms with E-state index in [1.165, 1.54) is 74.1 Å². The number of carbonyl (C=O) groups excluding carboxylic acids is 9. The van der Waals surface area contributed by atoms with Gasteiger partial charge in [0.1, 0.15) is 36.6 Å². The second-order valence-electron chi connectivity index (χ2n) is 32.7. The molecule has 41 nitrogen and oxygen atoms in total. The lowest BCUT2D eigenvalue weighted by molar-refractivity contribution is -0.335. The highest BCUT2D eigenvalue weighted by Crippen LogP contribution is 2.50. The molecule has 8 rings (SSSR count). The molecular weight excluding hydrogens is 1950 g/mol. The van der Waals surface area contributed by atoms with Gasteiger partial charge in [0.15, 0.2) is 41.8 Å². The fourth-order valence-electron chi connectivity index (χ4n) is 15.2. The summed E-state index contributed by atoms with van der Waals surface area (Å²) >= 11 is 2.78. The van der Waals surface area contributed by atoms with Crippen LogP contribution in [0.2, 0.25) is 0 Å². The van der Waals surface area contributed by atoms with Gasteiger partial charge in [-0.25, -0.2) is 4.79 Å². The zero-order valence-electron chi connectivity index (χ0n) is 78.6. The number of amides is 7. The number of aliphatic hydroxyl groups is 5. The molecule has 2 aliphatic carbocycles. The molecule has 5 aliphatic heterocycles. The lowest BCUT2D eigenvalue weighted by atomic mass is 9.75. The van der Waals surface area contributed by atoms with Crippen molar-refractivity contribution < 1.29 is 164 Å². The number of imide groups is 1. The summed E-state index contributed by atoms with van der Waals surface area (Å²) in [7, 11) is 7.96. The summed E-state index contributed by atoms with van der Waals surface area (Å²) in [6, 6.07) is -1.51. The van der Waals surface area contributed by atoms with Crippen molar-refractivity contribution in [3.8, 4) is 40.9 Å². The Morgan fingerprint density at radius 3 is 1.81 bits per heavy atom. The van der Waals surface area contributed by atoms with Crippen LogP contribution in [0.1, 0.15) is 116 Å². The van der Waals surface area contributed by atoms with Crippen LogP contribution in [0.15, 0.2) is 47.2 Å². The van der Waals surface area contributed by atoms with Crippen LogP contribution < -0.4 is 41.0 Å². The SMILES string of the molecule is CCN(C(C)=O)[C@H]1CO[C@@H](O[C@H]2[C@H](O[C@H]3C#C/C=C\C#C[C@]4(O)CC(=O)C(NC(=O)OC)=C3/C4=C\CSSC(C)(C)CCC(=O)NCCNC(=O)CCOCCOCCOCCOCCOCCOCCOCCOCCNC(=O)CCN3C(=O)C=CC3=O)O[C@H](C)[C@@H](NO[C@H]3C[C@H](O)[C@H](SC(=O)c4c(C)c(I)c(O[C@@H]5O[C@@H](C)[C@H](O)[C@@H](OC)[C@H]5O)c(OC)c4OC)[C@@H](C)O3)[C@@H]2O)C[C@@H]1C. The van der Waals surface area contributed by atoms with Crippen molar-refractivity contribution in [2.24, 2.45) is 5.92 Å². The minimum Gasteiger partial charge on any atom is -0.492 e. The first-order valence-electron chi connectivity index (χ1n) is 44.8. The quantitative estimate of drug-likeness (QED) is 0.0112. The predicted octanol–water partition coefficient (Wildman–Crippen LogP) is 2.54. The van der Waals surface area contributed by atoms with Gasteiger partial charge >= 0.3 is 6.09 Å². The second-order valence-corrected chi connectivity index (χ2v) is 38.0. The number of ether oxygens (including phenoxy) is 19. The van der Waals surface area contributed by atoms with Crippen molar-refractivity contribution in [1.82, 2.24) is 36.5 Å². The van der Waals surface area contributed by atoms with E-state index in [0.717, 1.165) is 23.8 Å². The standard InChI is InChI=1S/C90H132IN7O34S3/c1-14-97(58(7)99)60-52-125-69(49-53(60)2)130-82-77(108)74(96-132-70-50-61(100)84(57(6)126-70)134-85(110)71-54(3)73(91)80(83(115-12)79(71)113-10)131-86-78(109)81(114-11)76(107)56(5)128-86)55(4)127-87(82)129-63-19-17-15-16-18-26-90(112)51-62(101)75(95-88(111)116-13)72(63)59(90)25-48-133-135-89(8,9)27-22-64(102)92-28-29-93-66(104)24-32-117-34-36-119-38-40-121-42-44-123-46-47-124-45-43-122-41-39-120-37-35-118-33-30-94-65(103)23-31-98-67(105)20-21-68(98)106/h15-16,20-21,25,53,55-57,60-61,63,69-70,74,76-78,81-82,84,86-87,96,100,107-109,112H,14,22-24,27-52H2,1-13H3,(H,92,102)(H,93,104)(H,94,103)(H,95,111)/b16-15-,59-25+/t53-,55+,56-,57+,60-,61-,63-,69-,70-,74+,76-,77-,78+,81+,82+,84+,86-,87-,90-/m0/s1. The topological polar surface area (TPSA) is 506 Å². The zero-order chi connectivity index (χ0) is 98.3. The van der Waals surface area contributed by atoms with Gasteiger partial charge < -0.3 is 136 Å². The van der Waals surface area contributed by atoms with Gasteiger partial charge in [0.05, 0.1) is 197 Å². The first kappa shape index (κ1) is 114. The average Bonchev–Trinajstić information content (AvgIpc) is 0.961. The fourth-order valence-corrected chi connectivity index (χ4v) is 19.4. The fraction of sp³-hybridized carbons (Fsp3) is 0.700. The van der Waals surface area contributed by atoms with E-state index in [9.17, 15) is 68.7 Å². The molecule has 0 unspecified atom stereocenters. The molecule has 19 atom stereocenters. The highest BCUT2D eigenvalue weighted by Gasteiger charge is 2.53. The van der Waals surface area contributed by atoms with E-state index >= 15 is 0 Å². The Kier molecular flexibility index (Phi) is 49.1. The third-order valence-corrected chi connectivity index (χ3v) is 28.4. The molecule has 135 heavy (non-hydrogen) atoms. The minimum atomic E-state index is -2.21. The third kappa shape index (κ3) is 34.9. The Hall–Kier alpha value is -6.77. The van der Waals surface area contributed by atoms with Crippen LogP contribution in [-0.4, -0.2) is 381 Å². The summed E-state index contributed by atoms with van der Waals surface area (Å²) in [5.74, 6) is 9.06. The number of hydroxylamine groups is 1. The van der Waals surface area contributed by atoms with Crippen LogP contribution in [0.5, 0.6) is 17.2 Å². The van der Waals surface area contributed by atoms with E-state index in [-0.39, 0.29) is 153 Å². The first-order chi connectivity index (χ1) is 64.7. The molecule has 0 radical (unpaired) electrons. The van der Waals surface area contributed by atoms with Crippen molar-refractivity contribution in [2.75, 3.05) is 179 Å². The number of hydrogen-bond donors (Lipinski definition) is 10. The zero-order valence-corrected chi connectivity index (χ0v) is 83.2. The van der Waals surface area contributed by atoms with Gasteiger partial charge in [-0.3, -0.25) is 53.4 Å². The van der Waals surface area contributed by atoms with E-state index in [1.54, 1.807) is 38.7 Å². The van der Waals surface area contributed by atoms with Crippen LogP contribution in [0.3, 0.4) is 0 Å². The van der Waals surface area contributed by atoms with Crippen molar-refractivity contribution >= 4 is 108 Å². The Balaban J connectivity index is 0.766. The molecule has 7 aliphatic rings. The van der Waals surface area contributed by atoms with Gasteiger partial charge in [0.25, 0.3) is 11.8 Å². The molecular formula is C90H132IN7O34S3. The summed E-state index contributed by atoms with van der Waals surface area (Å²) in [5.41, 5.74) is 0.782. The minimum absolute atomic E-state index is 0.00319. The lowest BCUT2D eigenvalue weighted by Gasteiger charge is -2.47. The summed E-state index contributed by atoms with van der Waals surface area (Å²) in [6.45, 7) is 22.4. The maximum Gasteiger partial charge on any atom is 0.411 e. The number of halogens is 1. The highest BCUT2D eigenvalue weighted by molar-refractivity contribution is 14.1. The van der Waals surface area contributed by atoms with Crippen molar-refractivity contribution in [1.29, 1.82) is 0 Å². The van der Waals surface area contributed by atoms with Crippen LogP contribution in [0.4, 0.5) is 4.79 Å². The maximum absolute atomic E-state index is 14.6. The molecule has 0 saturated carbocycles. The molecule has 1 aromatic carbocycles. The van der Waals surface area contributed by atoms with Crippen LogP contribution in [0, 0.1) is 40.1 Å². The molecule has 7 amide bonds. The molecule has 756 valence electrons. The molecule has 10 N–H and O–H groups in total. The van der Waals surface area contributed by atoms with E-state index in [1.807, 2.05) is 50.3 Å². The van der Waals surface area contributed by atoms with Crippen LogP contribution >= 0.6 is 55.9 Å². The molecule has 4 saturated heterocycles. The number of thioether (sulfide) groups is 1. The Labute approximate surface area is 812 Å². The van der Waals surface area contributed by atoms with E-state index < -0.39 is 143 Å². The summed E-state index contributed by atoms with van der Waals surface area (Å²) in [6.07, 6.45) is -11.7. The average molecular weight is 2080 g/mol. The number of benzene rings is 1. The molecule has 2 bridgehead atoms. The first-order valence-corrected chi connectivity index (χ1v) is 49.1. The van der Waals surface area contributed by atoms with Gasteiger partial charge in [0.2, 0.25) is 40.8 Å². The number of hydrogen-bond acceptors (Lipinski definition) is 38. The Morgan fingerprint density at radius 2 is 1.24 bits per heavy atom. The highest BCUT2D eigenvalue weighted by atomic mass is 127. The Bertz CT molecular complexity index is 4290. The lowest BCUT2D eigenvalue weighted by Crippen LogP contribution is -2.65. The van der Waals surface area contributed by atoms with E-state index in [4.69, 9.17) is 94.8 Å². The smallest absolute Gasteiger partial charge is 0.411 e. The van der Waals surface area contributed by atoms with Crippen LogP contribution in [-0.2, 0) is 114 Å². The second kappa shape index (κ2) is 58.5. The van der Waals surface area contributed by atoms with E-state index in [0.29, 0.717) is 121 Å². The number of Topliss-reactive ketones (excluding diaryl/α,β-unsaturated/α-hetero) is 1. The summed E-state index contributed by atoms with van der Waals surface area (Å²) < 4.78 is 111. The number of alkyl carbamates (subject to hydrolysis) is 1. The normalized spacial score (nSPS) is 27.3. The van der Waals surface area contributed by atoms with E-state index in [2.05, 4.69) is 50.4 Å². The predicted molar refractivity (Wildman–Crippen MR) is 498 cm³/mol. The van der Waals surface area contributed by atoms with Gasteiger partial charge in [-0.2, -0.15) is 5.48 Å². The third-order valence-electron chi connectivity index (χ3n) is 22.5. The number of allylic oxidation sites excluding steroid dienone is 3. The number of nitrogens with zero attached hydrogens (tertiary/aromatic N) is 2. The summed E-state index contributed by atoms with van der Waals surface area (Å²) in [5, 5.41) is 68.7. The number of carbonyl (C=O) groups is 9. The Morgan fingerprint density at radius 1 is 0.667 bits per heavy atom. The molecule has 5 heterocycles. The number of methoxy groups -OCH3 is 4. The van der Waals surface area contributed by atoms with Gasteiger partial charge in [0, 0.05) is 113 Å². The number of nitrogens with one attached hydrogen (secondary N) is 5. The number of aliphatic hydroxyl groups excluding tert-OH is 4. The van der Waals surface area contributed by atoms with Gasteiger partial charge in [-0.1, -0.05) is 70.0 Å². The molecule has 0 aromatic heterocycles. The van der Waals surface area contributed by atoms with Crippen molar-refractivity contribution in [3.63, 3.8) is 0 Å². The van der Waals surface area contributed by atoms with Crippen LogP contribution in [0.25, 0.3) is 0 Å². The van der Waals surface area contributed by atoms with Crippen molar-refractivity contribution in [2.45, 2.75) is 221 Å². The number of ketones is 1. The van der Waals surface area contributed by atoms with Gasteiger partial charge in [-0.15, -0.1) is 0 Å². The molecule has 4 fully saturated rings. The van der Waals surface area contributed by atoms with Gasteiger partial charge in [-0.05, 0) is 101 Å². The number of likely N-dealkylation sites (N-methyl/N-ethyl adjacent to an activating group) is 1. The monoisotopic (exact) mass is 2080 g/mol. The number of fused-ring (bicyclic) bond motifs is 2. The van der Waals surface area contributed by atoms with Crippen molar-refractivity contribution in [3.05, 3.63) is 61.9 Å². The molecule has 45 heteroatoms.